The summed E-state index contributed by atoms with van der Waals surface area (Å²) < 4.78 is 0. The molecule has 20 heavy (non-hydrogen) atoms. The van der Waals surface area contributed by atoms with Gasteiger partial charge in [-0.15, -0.1) is 0 Å². The molecule has 0 saturated heterocycles. The summed E-state index contributed by atoms with van der Waals surface area (Å²) in [4.78, 5) is 0. The highest BCUT2D eigenvalue weighted by Crippen LogP contribution is 2.28. The molecule has 2 aromatic rings. The van der Waals surface area contributed by atoms with E-state index in [2.05, 4.69) is 50.2 Å². The molecule has 104 valence electrons. The molecule has 0 amide bonds. The van der Waals surface area contributed by atoms with Gasteiger partial charge in [0.25, 0.3) is 0 Å². The zero-order chi connectivity index (χ0) is 14.1. The quantitative estimate of drug-likeness (QED) is 0.888. The van der Waals surface area contributed by atoms with Crippen LogP contribution >= 0.6 is 0 Å². The summed E-state index contributed by atoms with van der Waals surface area (Å²) in [7, 11) is 0. The molecule has 1 aliphatic rings. The van der Waals surface area contributed by atoms with E-state index in [1.54, 1.807) is 0 Å². The molecule has 0 aliphatic heterocycles. The minimum absolute atomic E-state index is 0.402. The van der Waals surface area contributed by atoms with Gasteiger partial charge >= 0.3 is 0 Å². The molecule has 0 bridgehead atoms. The summed E-state index contributed by atoms with van der Waals surface area (Å²) >= 11 is 0. The topological polar surface area (TPSA) is 20.2 Å². The Kier molecular flexibility index (Phi) is 3.62. The second kappa shape index (κ2) is 5.41. The minimum Gasteiger partial charge on any atom is -0.388 e. The third kappa shape index (κ3) is 2.51. The third-order valence-corrected chi connectivity index (χ3v) is 4.55. The van der Waals surface area contributed by atoms with Gasteiger partial charge in [0, 0.05) is 6.42 Å². The Hall–Kier alpha value is -1.60. The molecule has 1 nitrogen and oxygen atoms in total. The highest BCUT2D eigenvalue weighted by Gasteiger charge is 2.16. The fourth-order valence-electron chi connectivity index (χ4n) is 3.28. The van der Waals surface area contributed by atoms with Crippen LogP contribution < -0.4 is 0 Å². The Morgan fingerprint density at radius 3 is 2.45 bits per heavy atom. The molecule has 1 heteroatoms. The van der Waals surface area contributed by atoms with Crippen molar-refractivity contribution in [3.63, 3.8) is 0 Å². The molecule has 0 spiro atoms. The second-order valence-electron chi connectivity index (χ2n) is 5.97. The van der Waals surface area contributed by atoms with Crippen LogP contribution in [0.15, 0.2) is 36.4 Å². The molecule has 3 rings (SSSR count). The van der Waals surface area contributed by atoms with Gasteiger partial charge in [0.05, 0.1) is 6.10 Å². The lowest BCUT2D eigenvalue weighted by Crippen LogP contribution is -2.05. The van der Waals surface area contributed by atoms with Gasteiger partial charge < -0.3 is 5.11 Å². The number of rotatable bonds is 3. The number of benzene rings is 2. The summed E-state index contributed by atoms with van der Waals surface area (Å²) in [5.74, 6) is 0. The average Bonchev–Trinajstić information content (AvgIpc) is 2.90. The molecule has 0 fully saturated rings. The Balaban J connectivity index is 1.84. The standard InChI is InChI=1S/C19H22O/c1-13-5-3-6-14(2)18(13)12-19(20)17-10-9-15-7-4-8-16(15)11-17/h3,5-6,9-11,19-20H,4,7-8,12H2,1-2H3. The van der Waals surface area contributed by atoms with E-state index in [1.807, 2.05) is 0 Å². The fraction of sp³-hybridized carbons (Fsp3) is 0.368. The van der Waals surface area contributed by atoms with Crippen LogP contribution in [0.1, 0.15) is 45.9 Å². The molecule has 1 atom stereocenters. The van der Waals surface area contributed by atoms with Crippen molar-refractivity contribution < 1.29 is 5.11 Å². The van der Waals surface area contributed by atoms with Crippen LogP contribution in [0, 0.1) is 13.8 Å². The monoisotopic (exact) mass is 266 g/mol. The van der Waals surface area contributed by atoms with Gasteiger partial charge in [-0.2, -0.15) is 0 Å². The van der Waals surface area contributed by atoms with Crippen LogP contribution in [0.25, 0.3) is 0 Å². The van der Waals surface area contributed by atoms with Crippen molar-refractivity contribution in [1.29, 1.82) is 0 Å². The van der Waals surface area contributed by atoms with E-state index in [0.29, 0.717) is 6.42 Å². The zero-order valence-electron chi connectivity index (χ0n) is 12.3. The molecule has 0 radical (unpaired) electrons. The normalized spacial score (nSPS) is 15.2. The Labute approximate surface area is 121 Å². The lowest BCUT2D eigenvalue weighted by atomic mass is 9.93. The van der Waals surface area contributed by atoms with Crippen molar-refractivity contribution >= 4 is 0 Å². The van der Waals surface area contributed by atoms with Crippen molar-refractivity contribution in [2.24, 2.45) is 0 Å². The number of aliphatic hydroxyl groups is 1. The van der Waals surface area contributed by atoms with Crippen LogP contribution in [0.5, 0.6) is 0 Å². The van der Waals surface area contributed by atoms with E-state index in [1.165, 1.54) is 47.1 Å². The first-order chi connectivity index (χ1) is 9.65. The van der Waals surface area contributed by atoms with E-state index in [4.69, 9.17) is 0 Å². The van der Waals surface area contributed by atoms with E-state index in [0.717, 1.165) is 5.56 Å². The summed E-state index contributed by atoms with van der Waals surface area (Å²) in [6.45, 7) is 4.25. The van der Waals surface area contributed by atoms with Crippen LogP contribution in [-0.2, 0) is 19.3 Å². The van der Waals surface area contributed by atoms with Gasteiger partial charge in [0.15, 0.2) is 0 Å². The maximum Gasteiger partial charge on any atom is 0.0830 e. The predicted molar refractivity (Wildman–Crippen MR) is 83.0 cm³/mol. The zero-order valence-corrected chi connectivity index (χ0v) is 12.3. The average molecular weight is 266 g/mol. The Morgan fingerprint density at radius 1 is 1.00 bits per heavy atom. The summed E-state index contributed by atoms with van der Waals surface area (Å²) in [6.07, 6.45) is 3.92. The lowest BCUT2D eigenvalue weighted by molar-refractivity contribution is 0.178. The van der Waals surface area contributed by atoms with E-state index >= 15 is 0 Å². The van der Waals surface area contributed by atoms with Gasteiger partial charge in [-0.1, -0.05) is 36.4 Å². The van der Waals surface area contributed by atoms with Crippen molar-refractivity contribution in [2.75, 3.05) is 0 Å². The van der Waals surface area contributed by atoms with Gasteiger partial charge in [-0.3, -0.25) is 0 Å². The molecule has 0 saturated carbocycles. The van der Waals surface area contributed by atoms with E-state index in [9.17, 15) is 5.11 Å². The predicted octanol–water partition coefficient (Wildman–Crippen LogP) is 4.07. The number of aliphatic hydroxyl groups excluding tert-OH is 1. The Morgan fingerprint density at radius 2 is 1.70 bits per heavy atom. The summed E-state index contributed by atoms with van der Waals surface area (Å²) in [6, 6.07) is 12.8. The minimum atomic E-state index is -0.402. The third-order valence-electron chi connectivity index (χ3n) is 4.55. The molecule has 0 heterocycles. The molecule has 1 aliphatic carbocycles. The molecular weight excluding hydrogens is 244 g/mol. The van der Waals surface area contributed by atoms with Crippen LogP contribution in [0.3, 0.4) is 0 Å². The van der Waals surface area contributed by atoms with Crippen LogP contribution in [0.4, 0.5) is 0 Å². The van der Waals surface area contributed by atoms with Crippen molar-refractivity contribution in [1.82, 2.24) is 0 Å². The van der Waals surface area contributed by atoms with E-state index < -0.39 is 6.10 Å². The number of aryl methyl sites for hydroxylation is 4. The number of hydrogen-bond donors (Lipinski definition) is 1. The van der Waals surface area contributed by atoms with Crippen molar-refractivity contribution in [2.45, 2.75) is 45.6 Å². The van der Waals surface area contributed by atoms with Crippen molar-refractivity contribution in [3.8, 4) is 0 Å². The maximum absolute atomic E-state index is 10.6. The molecule has 2 aromatic carbocycles. The first-order valence-electron chi connectivity index (χ1n) is 7.50. The number of fused-ring (bicyclic) bond motifs is 1. The van der Waals surface area contributed by atoms with Crippen LogP contribution in [-0.4, -0.2) is 5.11 Å². The fourth-order valence-corrected chi connectivity index (χ4v) is 3.28. The Bertz CT molecular complexity index is 607. The maximum atomic E-state index is 10.6. The highest BCUT2D eigenvalue weighted by molar-refractivity contribution is 5.38. The van der Waals surface area contributed by atoms with Crippen molar-refractivity contribution in [3.05, 3.63) is 69.8 Å². The second-order valence-corrected chi connectivity index (χ2v) is 5.97. The first-order valence-corrected chi connectivity index (χ1v) is 7.50. The van der Waals surface area contributed by atoms with Gasteiger partial charge in [0.2, 0.25) is 0 Å². The molecule has 0 aromatic heterocycles. The largest absolute Gasteiger partial charge is 0.388 e. The summed E-state index contributed by atoms with van der Waals surface area (Å²) in [5, 5.41) is 10.6. The molecular formula is C19H22O. The molecule has 1 unspecified atom stereocenters. The molecule has 1 N–H and O–H groups in total. The highest BCUT2D eigenvalue weighted by atomic mass is 16.3. The van der Waals surface area contributed by atoms with Gasteiger partial charge in [-0.25, -0.2) is 0 Å². The number of hydrogen-bond acceptors (Lipinski definition) is 1. The van der Waals surface area contributed by atoms with Gasteiger partial charge in [0.1, 0.15) is 0 Å². The lowest BCUT2D eigenvalue weighted by Gasteiger charge is -2.16. The summed E-state index contributed by atoms with van der Waals surface area (Å²) in [5.41, 5.74) is 7.78. The smallest absolute Gasteiger partial charge is 0.0830 e. The SMILES string of the molecule is Cc1cccc(C)c1CC(O)c1ccc2c(c1)CCC2. The first kappa shape index (κ1) is 13.4. The van der Waals surface area contributed by atoms with E-state index in [-0.39, 0.29) is 0 Å². The van der Waals surface area contributed by atoms with Crippen LogP contribution in [0.2, 0.25) is 0 Å². The van der Waals surface area contributed by atoms with Gasteiger partial charge in [-0.05, 0) is 66.5 Å².